The number of Topliss-reactive ketones (excluding diaryl/α,β-unsaturated/α-hetero) is 3. The zero-order valence-electron chi connectivity index (χ0n) is 91.5. The van der Waals surface area contributed by atoms with E-state index in [4.69, 9.17) is 0 Å². The average molecular weight is 2040 g/mol. The summed E-state index contributed by atoms with van der Waals surface area (Å²) in [5, 5.41) is 2.49. The molecule has 2 aromatic carbocycles. The highest BCUT2D eigenvalue weighted by atomic mass is 32.2. The fourth-order valence-electron chi connectivity index (χ4n) is 11.0. The van der Waals surface area contributed by atoms with Crippen molar-refractivity contribution in [1.29, 1.82) is 0 Å². The Morgan fingerprint density at radius 3 is 0.847 bits per heavy atom. The van der Waals surface area contributed by atoms with Gasteiger partial charge in [-0.2, -0.15) is 11.8 Å². The second kappa shape index (κ2) is 65.8. The normalized spacial score (nSPS) is 13.6. The number of sulfonamides is 3. The third-order valence-corrected chi connectivity index (χ3v) is 29.3. The molecule has 1 unspecified atom stereocenters. The summed E-state index contributed by atoms with van der Waals surface area (Å²) < 4.78 is 171. The number of amides is 1. The first kappa shape index (κ1) is 146. The summed E-state index contributed by atoms with van der Waals surface area (Å²) in [6.45, 7) is 80.2. The number of hydrogen-bond acceptors (Lipinski definition) is 20. The van der Waals surface area contributed by atoms with Crippen LogP contribution in [0.15, 0.2) is 60.7 Å². The molecule has 0 spiro atoms. The maximum absolute atomic E-state index is 11.8. The Bertz CT molecular complexity index is 4120. The summed E-state index contributed by atoms with van der Waals surface area (Å²) in [4.78, 5) is 45.4. The highest BCUT2D eigenvalue weighted by Crippen LogP contribution is 2.26. The van der Waals surface area contributed by atoms with Gasteiger partial charge in [0.2, 0.25) is 36.0 Å². The molecule has 1 amide bonds. The number of thioether (sulfide) groups is 1. The SMILES string of the molecule is CC(C)(C)CC(=O)CCc1ccccc1.CC(C)(C)CC(=O)CCc1ccccc1.CC(C)(C)CNS(C)(=O)=O.CC(C)(C)CS(=O)(=O)N1CCCC1.CC(C)(C)CS(C)(=O)=O.CC(C)(C)CS(C)(=O)=O.CCCS(=O)(=O)NCC(C)(C)C.CCS(=O)(=O)CC(C)(C)C.CCS(=O)(=O)CC(C)(C)C.CNC(=O)CCC(=O)CC(C)(C)C.CS(=O)CC(C)(C)C.CSCC(C)(C)C. The monoisotopic (exact) mass is 2040 g/mol. The lowest BCUT2D eigenvalue weighted by Gasteiger charge is -2.22. The smallest absolute Gasteiger partial charge is 0.220 e. The predicted molar refractivity (Wildman–Crippen MR) is 570 cm³/mol. The van der Waals surface area contributed by atoms with Crippen LogP contribution < -0.4 is 14.8 Å². The number of carbonyl (C=O) groups excluding carboxylic acids is 4. The predicted octanol–water partition coefficient (Wildman–Crippen LogP) is 21.1. The molecule has 131 heavy (non-hydrogen) atoms. The molecule has 0 bridgehead atoms. The van der Waals surface area contributed by atoms with Gasteiger partial charge >= 0.3 is 0 Å². The van der Waals surface area contributed by atoms with Crippen molar-refractivity contribution in [2.75, 3.05) is 122 Å². The van der Waals surface area contributed by atoms with Gasteiger partial charge < -0.3 is 5.32 Å². The summed E-state index contributed by atoms with van der Waals surface area (Å²) >= 11 is 1.91. The first-order valence-electron chi connectivity index (χ1n) is 45.8. The van der Waals surface area contributed by atoms with E-state index in [0.717, 1.165) is 44.5 Å². The van der Waals surface area contributed by atoms with E-state index in [1.165, 1.54) is 35.6 Å². The molecule has 0 aliphatic carbocycles. The van der Waals surface area contributed by atoms with Crippen LogP contribution in [0.3, 0.4) is 0 Å². The zero-order valence-corrected chi connectivity index (χ0v) is 98.9. The Balaban J connectivity index is -0.000000178. The third kappa shape index (κ3) is 135. The molecule has 1 fully saturated rings. The van der Waals surface area contributed by atoms with Gasteiger partial charge in [-0.25, -0.2) is 72.7 Å². The Kier molecular flexibility index (Phi) is 73.2. The molecule has 2 aromatic rings. The number of hydrogen-bond donors (Lipinski definition) is 3. The molecular formula is C99H200N4O19S9. The van der Waals surface area contributed by atoms with E-state index >= 15 is 0 Å². The third-order valence-electron chi connectivity index (χ3n) is 15.2. The minimum atomic E-state index is -3.01. The minimum Gasteiger partial charge on any atom is -0.359 e. The Labute approximate surface area is 816 Å². The van der Waals surface area contributed by atoms with Crippen molar-refractivity contribution in [3.63, 3.8) is 0 Å². The highest BCUT2D eigenvalue weighted by Gasteiger charge is 2.31. The first-order valence-corrected chi connectivity index (χ1v) is 61.8. The van der Waals surface area contributed by atoms with Crippen LogP contribution in [0.5, 0.6) is 0 Å². The van der Waals surface area contributed by atoms with Crippen molar-refractivity contribution >= 4 is 115 Å². The molecule has 1 aliphatic heterocycles. The highest BCUT2D eigenvalue weighted by molar-refractivity contribution is 7.98. The molecule has 0 aromatic heterocycles. The van der Waals surface area contributed by atoms with Gasteiger partial charge in [-0.3, -0.25) is 23.4 Å². The van der Waals surface area contributed by atoms with E-state index in [9.17, 15) is 82.3 Å². The topological polar surface area (TPSA) is 364 Å². The first-order chi connectivity index (χ1) is 57.5. The van der Waals surface area contributed by atoms with Crippen LogP contribution >= 0.6 is 11.8 Å². The number of benzene rings is 2. The molecular weight excluding hydrogens is 1840 g/mol. The van der Waals surface area contributed by atoms with Gasteiger partial charge in [-0.05, 0) is 120 Å². The molecule has 0 radical (unpaired) electrons. The number of carbonyl (C=O) groups is 4. The van der Waals surface area contributed by atoms with Crippen LogP contribution in [-0.2, 0) is 112 Å². The molecule has 3 rings (SSSR count). The lowest BCUT2D eigenvalue weighted by molar-refractivity contribution is -0.126. The molecule has 1 saturated heterocycles. The summed E-state index contributed by atoms with van der Waals surface area (Å²) in [5.74, 6) is 4.99. The van der Waals surface area contributed by atoms with E-state index in [0.29, 0.717) is 81.4 Å². The van der Waals surface area contributed by atoms with Gasteiger partial charge in [0.1, 0.15) is 37.0 Å². The maximum atomic E-state index is 11.8. The van der Waals surface area contributed by atoms with E-state index in [2.05, 4.69) is 128 Å². The largest absolute Gasteiger partial charge is 0.359 e. The van der Waals surface area contributed by atoms with Crippen molar-refractivity contribution in [3.8, 4) is 0 Å². The quantitative estimate of drug-likeness (QED) is 0.0712. The number of sulfone groups is 4. The summed E-state index contributed by atoms with van der Waals surface area (Å²) in [6.07, 6.45) is 15.9. The van der Waals surface area contributed by atoms with Crippen LogP contribution in [0.25, 0.3) is 0 Å². The zero-order chi connectivity index (χ0) is 106. The Morgan fingerprint density at radius 1 is 0.382 bits per heavy atom. The van der Waals surface area contributed by atoms with Crippen molar-refractivity contribution in [2.24, 2.45) is 65.0 Å². The summed E-state index contributed by atoms with van der Waals surface area (Å²) in [6, 6.07) is 20.4. The van der Waals surface area contributed by atoms with E-state index < -0.39 is 80.2 Å². The minimum absolute atomic E-state index is 0.0147. The molecule has 1 atom stereocenters. The Morgan fingerprint density at radius 2 is 0.672 bits per heavy atom. The lowest BCUT2D eigenvalue weighted by atomic mass is 9.88. The summed E-state index contributed by atoms with van der Waals surface area (Å²) in [5.41, 5.74) is 2.98. The molecule has 32 heteroatoms. The maximum Gasteiger partial charge on any atom is 0.220 e. The summed E-state index contributed by atoms with van der Waals surface area (Å²) in [7, 11) is -19.2. The van der Waals surface area contributed by atoms with Crippen LogP contribution in [-0.4, -0.2) is 213 Å². The van der Waals surface area contributed by atoms with Gasteiger partial charge in [0, 0.05) is 125 Å². The number of ketones is 3. The second-order valence-corrected chi connectivity index (χ2v) is 65.8. The molecule has 1 heterocycles. The lowest BCUT2D eigenvalue weighted by Crippen LogP contribution is -2.34. The fraction of sp³-hybridized carbons (Fsp3) is 0.838. The van der Waals surface area contributed by atoms with Crippen LogP contribution in [0.1, 0.15) is 345 Å². The number of rotatable bonds is 28. The van der Waals surface area contributed by atoms with Crippen molar-refractivity contribution in [3.05, 3.63) is 71.8 Å². The van der Waals surface area contributed by atoms with Gasteiger partial charge in [-0.1, -0.05) is 331 Å². The van der Waals surface area contributed by atoms with E-state index in [-0.39, 0.29) is 117 Å². The molecule has 3 N–H and O–H groups in total. The number of nitrogens with zero attached hydrogens (tertiary/aromatic N) is 1. The van der Waals surface area contributed by atoms with E-state index in [1.807, 2.05) is 221 Å². The van der Waals surface area contributed by atoms with Gasteiger partial charge in [0.05, 0.1) is 40.8 Å². The van der Waals surface area contributed by atoms with Crippen molar-refractivity contribution in [2.45, 2.75) is 347 Å². The van der Waals surface area contributed by atoms with Gasteiger partial charge in [0.25, 0.3) is 0 Å². The Hall–Kier alpha value is -3.05. The standard InChI is InChI=1S/2C14H20O.C10H19NO2.C9H19NO2S.C8H19NO2S.2C7H16O2S.C6H15NO2S.2C6H14O2S.C6H14OS.C6H14S/c2*1-14(2,3)11-13(15)10-9-12-7-5-4-6-8-12;1-10(2,3)7-8(12)5-6-9(13)11-4;1-9(2,3)8-13(11,12)10-6-4-5-7-10;1-5-6-12(10,11)9-7-8(2,3)4;2*1-5-10(8,9)6-7(2,3)4;1-6(2,3)5-7-10(4,8)9;2*1-6(2,3)5-9(4,7)8;1-6(2,3)5-8(4)7;1-6(2,3)5-7-4/h2*4-8H,9-11H2,1-3H3;5-7H2,1-4H3,(H,11,13);4-8H2,1-3H3;9H,5-7H2,1-4H3;2*5-6H2,1-4H3;7H,5H2,1-4H3;2*5H2,1-4H3;5H2,1-4H3;5H2,1-4H3. The molecule has 1 aliphatic rings. The van der Waals surface area contributed by atoms with Gasteiger partial charge in [0.15, 0.2) is 19.7 Å². The number of aryl methyl sites for hydroxylation is 2. The average Bonchev–Trinajstić information content (AvgIpc) is 1.64. The van der Waals surface area contributed by atoms with Crippen molar-refractivity contribution in [1.82, 2.24) is 19.1 Å². The fourth-order valence-corrected chi connectivity index (χ4v) is 23.4. The molecule has 784 valence electrons. The number of nitrogens with one attached hydrogen (secondary N) is 3. The van der Waals surface area contributed by atoms with Crippen molar-refractivity contribution < 1.29 is 82.3 Å². The molecule has 23 nitrogen and oxygen atoms in total. The second-order valence-electron chi connectivity index (χ2n) is 48.8. The van der Waals surface area contributed by atoms with Crippen LogP contribution in [0, 0.1) is 65.0 Å². The van der Waals surface area contributed by atoms with Crippen LogP contribution in [0.2, 0.25) is 0 Å². The van der Waals surface area contributed by atoms with E-state index in [1.54, 1.807) is 31.5 Å². The van der Waals surface area contributed by atoms with Gasteiger partial charge in [-0.15, -0.1) is 0 Å². The molecule has 0 saturated carbocycles. The van der Waals surface area contributed by atoms with Crippen LogP contribution in [0.4, 0.5) is 0 Å².